The lowest BCUT2D eigenvalue weighted by Gasteiger charge is -2.25. The zero-order valence-electron chi connectivity index (χ0n) is 12.6. The van der Waals surface area contributed by atoms with Crippen LogP contribution in [0.5, 0.6) is 11.5 Å². The molecule has 1 heterocycles. The predicted octanol–water partition coefficient (Wildman–Crippen LogP) is 2.53. The van der Waals surface area contributed by atoms with Gasteiger partial charge in [-0.05, 0) is 38.0 Å². The molecule has 1 saturated heterocycles. The van der Waals surface area contributed by atoms with E-state index in [0.717, 1.165) is 44.0 Å². The molecule has 2 N–H and O–H groups in total. The molecule has 4 heteroatoms. The molecule has 112 valence electrons. The third kappa shape index (κ3) is 4.39. The van der Waals surface area contributed by atoms with E-state index in [4.69, 9.17) is 19.9 Å². The van der Waals surface area contributed by atoms with Gasteiger partial charge in [0.25, 0.3) is 0 Å². The Morgan fingerprint density at radius 2 is 1.95 bits per heavy atom. The largest absolute Gasteiger partial charge is 0.493 e. The highest BCUT2D eigenvalue weighted by Gasteiger charge is 2.19. The van der Waals surface area contributed by atoms with Crippen molar-refractivity contribution in [2.45, 2.75) is 44.8 Å². The van der Waals surface area contributed by atoms with Crippen molar-refractivity contribution >= 4 is 0 Å². The molecule has 0 aliphatic carbocycles. The maximum atomic E-state index is 6.09. The summed E-state index contributed by atoms with van der Waals surface area (Å²) in [7, 11) is 1.67. The van der Waals surface area contributed by atoms with Crippen LogP contribution in [0.3, 0.4) is 0 Å². The average molecular weight is 279 g/mol. The molecule has 0 bridgehead atoms. The van der Waals surface area contributed by atoms with Crippen molar-refractivity contribution in [2.75, 3.05) is 20.3 Å². The third-order valence-electron chi connectivity index (χ3n) is 3.35. The number of methoxy groups -OCH3 is 1. The highest BCUT2D eigenvalue weighted by atomic mass is 16.5. The van der Waals surface area contributed by atoms with E-state index in [1.54, 1.807) is 7.11 Å². The Bertz CT molecular complexity index is 434. The molecule has 0 saturated carbocycles. The number of hydrogen-bond donors (Lipinski definition) is 1. The summed E-state index contributed by atoms with van der Waals surface area (Å²) in [6, 6.07) is 6.04. The highest BCUT2D eigenvalue weighted by molar-refractivity contribution is 5.43. The van der Waals surface area contributed by atoms with Crippen molar-refractivity contribution in [2.24, 2.45) is 5.73 Å². The van der Waals surface area contributed by atoms with E-state index in [-0.39, 0.29) is 11.6 Å². The Balaban J connectivity index is 2.13. The van der Waals surface area contributed by atoms with E-state index in [0.29, 0.717) is 0 Å². The summed E-state index contributed by atoms with van der Waals surface area (Å²) in [5.74, 6) is 1.58. The molecular weight excluding hydrogens is 254 g/mol. The normalized spacial score (nSPS) is 17.0. The Kier molecular flexibility index (Phi) is 4.89. The maximum absolute atomic E-state index is 6.09. The van der Waals surface area contributed by atoms with Crippen molar-refractivity contribution in [3.8, 4) is 11.5 Å². The number of ether oxygens (including phenoxy) is 3. The highest BCUT2D eigenvalue weighted by Crippen LogP contribution is 2.31. The molecular formula is C16H25NO3. The molecule has 20 heavy (non-hydrogen) atoms. The van der Waals surface area contributed by atoms with Gasteiger partial charge in [-0.15, -0.1) is 0 Å². The molecule has 0 aromatic heterocycles. The van der Waals surface area contributed by atoms with Crippen LogP contribution in [0.1, 0.15) is 32.3 Å². The van der Waals surface area contributed by atoms with E-state index in [2.05, 4.69) is 0 Å². The molecule has 2 rings (SSSR count). The first-order valence-electron chi connectivity index (χ1n) is 7.18. The van der Waals surface area contributed by atoms with Crippen molar-refractivity contribution in [3.05, 3.63) is 23.8 Å². The lowest BCUT2D eigenvalue weighted by atomic mass is 9.96. The van der Waals surface area contributed by atoms with Gasteiger partial charge in [0.15, 0.2) is 11.5 Å². The van der Waals surface area contributed by atoms with Gasteiger partial charge in [-0.1, -0.05) is 6.07 Å². The van der Waals surface area contributed by atoms with Crippen molar-refractivity contribution in [1.29, 1.82) is 0 Å². The summed E-state index contributed by atoms with van der Waals surface area (Å²) in [4.78, 5) is 0. The molecule has 0 unspecified atom stereocenters. The molecule has 1 fully saturated rings. The van der Waals surface area contributed by atoms with Gasteiger partial charge in [-0.3, -0.25) is 0 Å². The van der Waals surface area contributed by atoms with Gasteiger partial charge in [-0.25, -0.2) is 0 Å². The standard InChI is InChI=1S/C16H25NO3/c1-16(2,17)11-12-4-5-14(18-3)15(10-12)20-13-6-8-19-9-7-13/h4-5,10,13H,6-9,11,17H2,1-3H3. The van der Waals surface area contributed by atoms with Gasteiger partial charge >= 0.3 is 0 Å². The summed E-state index contributed by atoms with van der Waals surface area (Å²) in [5.41, 5.74) is 7.02. The Hall–Kier alpha value is -1.26. The van der Waals surface area contributed by atoms with Crippen LogP contribution in [-0.2, 0) is 11.2 Å². The molecule has 1 aliphatic heterocycles. The lowest BCUT2D eigenvalue weighted by Crippen LogP contribution is -2.34. The second-order valence-electron chi connectivity index (χ2n) is 6.08. The van der Waals surface area contributed by atoms with Crippen LogP contribution in [-0.4, -0.2) is 32.0 Å². The first-order chi connectivity index (χ1) is 9.48. The second-order valence-corrected chi connectivity index (χ2v) is 6.08. The van der Waals surface area contributed by atoms with Crippen LogP contribution in [0.2, 0.25) is 0 Å². The number of hydrogen-bond acceptors (Lipinski definition) is 4. The summed E-state index contributed by atoms with van der Waals surface area (Å²) in [6.45, 7) is 5.58. The fraction of sp³-hybridized carbons (Fsp3) is 0.625. The minimum atomic E-state index is -0.232. The van der Waals surface area contributed by atoms with Crippen molar-refractivity contribution < 1.29 is 14.2 Å². The summed E-state index contributed by atoms with van der Waals surface area (Å²) in [5, 5.41) is 0. The first kappa shape index (κ1) is 15.1. The molecule has 1 aromatic rings. The molecule has 0 atom stereocenters. The third-order valence-corrected chi connectivity index (χ3v) is 3.35. The number of rotatable bonds is 5. The molecule has 0 radical (unpaired) electrons. The van der Waals surface area contributed by atoms with E-state index in [1.807, 2.05) is 32.0 Å². The van der Waals surface area contributed by atoms with Crippen LogP contribution in [0.25, 0.3) is 0 Å². The van der Waals surface area contributed by atoms with Crippen molar-refractivity contribution in [1.82, 2.24) is 0 Å². The summed E-state index contributed by atoms with van der Waals surface area (Å²) < 4.78 is 16.8. The topological polar surface area (TPSA) is 53.7 Å². The number of benzene rings is 1. The first-order valence-corrected chi connectivity index (χ1v) is 7.18. The van der Waals surface area contributed by atoms with E-state index in [1.165, 1.54) is 5.56 Å². The molecule has 0 amide bonds. The zero-order valence-corrected chi connectivity index (χ0v) is 12.6. The molecule has 1 aliphatic rings. The van der Waals surface area contributed by atoms with Gasteiger partial charge in [-0.2, -0.15) is 0 Å². The van der Waals surface area contributed by atoms with Gasteiger partial charge in [0, 0.05) is 18.4 Å². The molecule has 1 aromatic carbocycles. The fourth-order valence-electron chi connectivity index (χ4n) is 2.42. The smallest absolute Gasteiger partial charge is 0.161 e. The maximum Gasteiger partial charge on any atom is 0.161 e. The van der Waals surface area contributed by atoms with Gasteiger partial charge in [0.2, 0.25) is 0 Å². The SMILES string of the molecule is COc1ccc(CC(C)(C)N)cc1OC1CCOCC1. The Morgan fingerprint density at radius 3 is 2.55 bits per heavy atom. The van der Waals surface area contributed by atoms with Crippen LogP contribution < -0.4 is 15.2 Å². The van der Waals surface area contributed by atoms with Crippen LogP contribution in [0, 0.1) is 0 Å². The monoisotopic (exact) mass is 279 g/mol. The van der Waals surface area contributed by atoms with Crippen molar-refractivity contribution in [3.63, 3.8) is 0 Å². The van der Waals surface area contributed by atoms with E-state index >= 15 is 0 Å². The molecule has 4 nitrogen and oxygen atoms in total. The summed E-state index contributed by atoms with van der Waals surface area (Å²) in [6.07, 6.45) is 2.87. The second kappa shape index (κ2) is 6.46. The minimum absolute atomic E-state index is 0.207. The van der Waals surface area contributed by atoms with Crippen LogP contribution in [0.4, 0.5) is 0 Å². The number of nitrogens with two attached hydrogens (primary N) is 1. The summed E-state index contributed by atoms with van der Waals surface area (Å²) >= 11 is 0. The average Bonchev–Trinajstić information content (AvgIpc) is 2.38. The van der Waals surface area contributed by atoms with Gasteiger partial charge < -0.3 is 19.9 Å². The Morgan fingerprint density at radius 1 is 1.25 bits per heavy atom. The Labute approximate surface area is 121 Å². The molecule has 0 spiro atoms. The van der Waals surface area contributed by atoms with Gasteiger partial charge in [0.05, 0.1) is 20.3 Å². The lowest BCUT2D eigenvalue weighted by molar-refractivity contribution is 0.0245. The van der Waals surface area contributed by atoms with Crippen LogP contribution >= 0.6 is 0 Å². The van der Waals surface area contributed by atoms with Gasteiger partial charge in [0.1, 0.15) is 6.10 Å². The zero-order chi connectivity index (χ0) is 14.6. The van der Waals surface area contributed by atoms with Crippen LogP contribution in [0.15, 0.2) is 18.2 Å². The minimum Gasteiger partial charge on any atom is -0.493 e. The quantitative estimate of drug-likeness (QED) is 0.900. The fourth-order valence-corrected chi connectivity index (χ4v) is 2.42. The van der Waals surface area contributed by atoms with E-state index in [9.17, 15) is 0 Å². The predicted molar refractivity (Wildman–Crippen MR) is 79.4 cm³/mol. The van der Waals surface area contributed by atoms with E-state index < -0.39 is 0 Å².